The fourth-order valence-electron chi connectivity index (χ4n) is 3.91. The number of likely N-dealkylation sites (tertiary alicyclic amines) is 1. The second kappa shape index (κ2) is 6.88. The van der Waals surface area contributed by atoms with Gasteiger partial charge < -0.3 is 4.90 Å². The van der Waals surface area contributed by atoms with Crippen molar-refractivity contribution in [3.8, 4) is 11.1 Å². The third-order valence-corrected chi connectivity index (χ3v) is 5.30. The van der Waals surface area contributed by atoms with Crippen LogP contribution in [-0.2, 0) is 0 Å². The minimum Gasteiger partial charge on any atom is -0.330 e. The molecule has 6 nitrogen and oxygen atoms in total. The molecule has 0 unspecified atom stereocenters. The molecule has 0 radical (unpaired) electrons. The summed E-state index contributed by atoms with van der Waals surface area (Å²) >= 11 is 0. The largest absolute Gasteiger partial charge is 0.330 e. The van der Waals surface area contributed by atoms with Crippen molar-refractivity contribution < 1.29 is 4.79 Å². The minimum atomic E-state index is -0.0549. The second-order valence-corrected chi connectivity index (χ2v) is 6.98. The SMILES string of the molecule is O=C(c1ccncc1)N1CCC[C@H]1c1nnn2cc(-c3ccccc3)ccc12. The summed E-state index contributed by atoms with van der Waals surface area (Å²) in [5, 5.41) is 8.78. The van der Waals surface area contributed by atoms with Crippen molar-refractivity contribution in [1.82, 2.24) is 24.7 Å². The molecule has 0 spiro atoms. The summed E-state index contributed by atoms with van der Waals surface area (Å²) in [4.78, 5) is 18.9. The average Bonchev–Trinajstić information content (AvgIpc) is 3.40. The maximum atomic E-state index is 13.0. The van der Waals surface area contributed by atoms with Crippen molar-refractivity contribution in [2.45, 2.75) is 18.9 Å². The topological polar surface area (TPSA) is 63.4 Å². The Morgan fingerprint density at radius 3 is 2.61 bits per heavy atom. The Morgan fingerprint density at radius 1 is 0.964 bits per heavy atom. The van der Waals surface area contributed by atoms with Gasteiger partial charge in [0.2, 0.25) is 0 Å². The van der Waals surface area contributed by atoms with Gasteiger partial charge in [-0.1, -0.05) is 41.6 Å². The molecule has 0 bridgehead atoms. The van der Waals surface area contributed by atoms with Crippen LogP contribution in [0.15, 0.2) is 73.2 Å². The Kier molecular flexibility index (Phi) is 4.09. The number of benzene rings is 1. The number of carbonyl (C=O) groups excluding carboxylic acids is 1. The first kappa shape index (κ1) is 16.6. The van der Waals surface area contributed by atoms with Crippen LogP contribution >= 0.6 is 0 Å². The van der Waals surface area contributed by atoms with Crippen LogP contribution in [0.3, 0.4) is 0 Å². The lowest BCUT2D eigenvalue weighted by molar-refractivity contribution is 0.0733. The number of hydrogen-bond donors (Lipinski definition) is 0. The van der Waals surface area contributed by atoms with Gasteiger partial charge >= 0.3 is 0 Å². The van der Waals surface area contributed by atoms with Crippen molar-refractivity contribution in [3.63, 3.8) is 0 Å². The highest BCUT2D eigenvalue weighted by atomic mass is 16.2. The molecule has 28 heavy (non-hydrogen) atoms. The highest BCUT2D eigenvalue weighted by Crippen LogP contribution is 2.34. The number of amides is 1. The van der Waals surface area contributed by atoms with Gasteiger partial charge in [0.25, 0.3) is 5.91 Å². The van der Waals surface area contributed by atoms with Crippen molar-refractivity contribution in [3.05, 3.63) is 84.4 Å². The molecule has 4 aromatic rings. The number of fused-ring (bicyclic) bond motifs is 1. The van der Waals surface area contributed by atoms with E-state index in [1.165, 1.54) is 0 Å². The van der Waals surface area contributed by atoms with E-state index >= 15 is 0 Å². The van der Waals surface area contributed by atoms with Gasteiger partial charge in [-0.3, -0.25) is 9.78 Å². The first-order valence-electron chi connectivity index (χ1n) is 9.42. The van der Waals surface area contributed by atoms with Crippen molar-refractivity contribution in [2.75, 3.05) is 6.54 Å². The zero-order chi connectivity index (χ0) is 18.9. The maximum Gasteiger partial charge on any atom is 0.254 e. The van der Waals surface area contributed by atoms with Crippen LogP contribution in [0.5, 0.6) is 0 Å². The standard InChI is InChI=1S/C22H19N5O/c28-22(17-10-12-23-13-11-17)26-14-4-7-19(26)21-20-9-8-18(15-27(20)25-24-21)16-5-2-1-3-6-16/h1-3,5-6,8-13,15,19H,4,7,14H2/t19-/m0/s1. The summed E-state index contributed by atoms with van der Waals surface area (Å²) in [5.41, 5.74) is 4.68. The zero-order valence-corrected chi connectivity index (χ0v) is 15.3. The van der Waals surface area contributed by atoms with Gasteiger partial charge in [0, 0.05) is 36.3 Å². The molecule has 1 aliphatic rings. The number of pyridine rings is 2. The number of nitrogens with zero attached hydrogens (tertiary/aromatic N) is 5. The van der Waals surface area contributed by atoms with E-state index in [0.717, 1.165) is 41.7 Å². The summed E-state index contributed by atoms with van der Waals surface area (Å²) in [6.45, 7) is 0.729. The zero-order valence-electron chi connectivity index (χ0n) is 15.3. The van der Waals surface area contributed by atoms with Gasteiger partial charge in [0.15, 0.2) is 0 Å². The molecule has 4 heterocycles. The molecule has 5 rings (SSSR count). The van der Waals surface area contributed by atoms with E-state index in [2.05, 4.69) is 33.5 Å². The van der Waals surface area contributed by atoms with E-state index in [4.69, 9.17) is 0 Å². The lowest BCUT2D eigenvalue weighted by Gasteiger charge is -2.23. The first-order valence-corrected chi connectivity index (χ1v) is 9.42. The lowest BCUT2D eigenvalue weighted by Crippen LogP contribution is -2.30. The van der Waals surface area contributed by atoms with Gasteiger partial charge in [-0.2, -0.15) is 0 Å². The summed E-state index contributed by atoms with van der Waals surface area (Å²) in [6.07, 6.45) is 7.15. The molecule has 1 fully saturated rings. The molecule has 0 N–H and O–H groups in total. The predicted molar refractivity (Wildman–Crippen MR) is 106 cm³/mol. The molecule has 138 valence electrons. The maximum absolute atomic E-state index is 13.0. The number of carbonyl (C=O) groups is 1. The Balaban J connectivity index is 1.49. The van der Waals surface area contributed by atoms with E-state index in [9.17, 15) is 4.79 Å². The smallest absolute Gasteiger partial charge is 0.254 e. The van der Waals surface area contributed by atoms with Gasteiger partial charge in [0.1, 0.15) is 5.69 Å². The van der Waals surface area contributed by atoms with Crippen molar-refractivity contribution in [2.24, 2.45) is 0 Å². The molecule has 0 saturated carbocycles. The highest BCUT2D eigenvalue weighted by Gasteiger charge is 2.33. The van der Waals surface area contributed by atoms with Gasteiger partial charge in [-0.05, 0) is 36.6 Å². The first-order chi connectivity index (χ1) is 13.8. The molecule has 1 aliphatic heterocycles. The summed E-state index contributed by atoms with van der Waals surface area (Å²) in [6, 6.07) is 17.8. The average molecular weight is 369 g/mol. The fraction of sp³-hybridized carbons (Fsp3) is 0.182. The lowest BCUT2D eigenvalue weighted by atomic mass is 10.1. The summed E-state index contributed by atoms with van der Waals surface area (Å²) in [7, 11) is 0. The van der Waals surface area contributed by atoms with E-state index < -0.39 is 0 Å². The second-order valence-electron chi connectivity index (χ2n) is 6.98. The minimum absolute atomic E-state index is 0.0203. The van der Waals surface area contributed by atoms with E-state index in [0.29, 0.717) is 5.56 Å². The van der Waals surface area contributed by atoms with Crippen LogP contribution in [-0.4, -0.2) is 37.2 Å². The molecule has 0 aliphatic carbocycles. The van der Waals surface area contributed by atoms with E-state index in [1.54, 1.807) is 24.5 Å². The Bertz CT molecular complexity index is 1120. The molecular weight excluding hydrogens is 350 g/mol. The van der Waals surface area contributed by atoms with Crippen LogP contribution in [0.2, 0.25) is 0 Å². The normalized spacial score (nSPS) is 16.6. The Morgan fingerprint density at radius 2 is 1.79 bits per heavy atom. The molecule has 1 saturated heterocycles. The summed E-state index contributed by atoms with van der Waals surface area (Å²) < 4.78 is 1.81. The van der Waals surface area contributed by atoms with Crippen molar-refractivity contribution in [1.29, 1.82) is 0 Å². The van der Waals surface area contributed by atoms with Crippen LogP contribution in [0.4, 0.5) is 0 Å². The molecule has 1 atom stereocenters. The van der Waals surface area contributed by atoms with Crippen LogP contribution in [0.25, 0.3) is 16.6 Å². The van der Waals surface area contributed by atoms with Gasteiger partial charge in [-0.15, -0.1) is 5.10 Å². The molecule has 3 aromatic heterocycles. The fourth-order valence-corrected chi connectivity index (χ4v) is 3.91. The summed E-state index contributed by atoms with van der Waals surface area (Å²) in [5.74, 6) is 0.0203. The molecule has 1 amide bonds. The number of hydrogen-bond acceptors (Lipinski definition) is 4. The predicted octanol–water partition coefficient (Wildman–Crippen LogP) is 3.77. The molecule has 6 heteroatoms. The molecule has 1 aromatic carbocycles. The monoisotopic (exact) mass is 369 g/mol. The van der Waals surface area contributed by atoms with Crippen LogP contribution in [0, 0.1) is 0 Å². The quantitative estimate of drug-likeness (QED) is 0.551. The van der Waals surface area contributed by atoms with Gasteiger partial charge in [-0.25, -0.2) is 4.52 Å². The van der Waals surface area contributed by atoms with Crippen LogP contribution in [0.1, 0.15) is 34.9 Å². The number of aromatic nitrogens is 4. The third kappa shape index (κ3) is 2.83. The highest BCUT2D eigenvalue weighted by molar-refractivity contribution is 5.94. The Hall–Kier alpha value is -3.54. The number of rotatable bonds is 3. The van der Waals surface area contributed by atoms with E-state index in [-0.39, 0.29) is 11.9 Å². The van der Waals surface area contributed by atoms with Gasteiger partial charge in [0.05, 0.1) is 11.6 Å². The Labute approximate surface area is 162 Å². The van der Waals surface area contributed by atoms with Crippen LogP contribution < -0.4 is 0 Å². The van der Waals surface area contributed by atoms with E-state index in [1.807, 2.05) is 39.9 Å². The third-order valence-electron chi connectivity index (χ3n) is 5.30. The van der Waals surface area contributed by atoms with Crippen molar-refractivity contribution >= 4 is 11.4 Å². The molecular formula is C22H19N5O.